The molecule has 0 aromatic heterocycles. The highest BCUT2D eigenvalue weighted by molar-refractivity contribution is 6.36. The van der Waals surface area contributed by atoms with Crippen LogP contribution in [0.5, 0.6) is 0 Å². The van der Waals surface area contributed by atoms with E-state index in [0.717, 1.165) is 27.9 Å². The summed E-state index contributed by atoms with van der Waals surface area (Å²) in [6.07, 6.45) is 0. The summed E-state index contributed by atoms with van der Waals surface area (Å²) in [4.78, 5) is 12.3. The standard InChI is InChI=1S/C17H14N2O2/c18-8-10-5-6-12-11(7-10)9-21-16(12)15-13-3-1-2-4-14(13)19-17(15)20/h1-7H,8-9,18H2,(H,19,20). The van der Waals surface area contributed by atoms with E-state index < -0.39 is 0 Å². The zero-order chi connectivity index (χ0) is 14.4. The molecular formula is C17H14N2O2. The van der Waals surface area contributed by atoms with E-state index in [2.05, 4.69) is 5.32 Å². The molecule has 2 aromatic rings. The maximum Gasteiger partial charge on any atom is 0.260 e. The van der Waals surface area contributed by atoms with Crippen LogP contribution in [0.3, 0.4) is 0 Å². The molecule has 1 amide bonds. The van der Waals surface area contributed by atoms with E-state index >= 15 is 0 Å². The Labute approximate surface area is 122 Å². The fraction of sp³-hybridized carbons (Fsp3) is 0.118. The Kier molecular flexibility index (Phi) is 2.59. The van der Waals surface area contributed by atoms with E-state index in [1.165, 1.54) is 0 Å². The minimum atomic E-state index is -0.109. The summed E-state index contributed by atoms with van der Waals surface area (Å²) in [5.74, 6) is 0.554. The summed E-state index contributed by atoms with van der Waals surface area (Å²) in [5, 5.41) is 2.88. The van der Waals surface area contributed by atoms with Crippen molar-refractivity contribution < 1.29 is 9.53 Å². The van der Waals surface area contributed by atoms with Crippen molar-refractivity contribution in [3.8, 4) is 0 Å². The van der Waals surface area contributed by atoms with Gasteiger partial charge in [0.15, 0.2) is 0 Å². The topological polar surface area (TPSA) is 64.3 Å². The van der Waals surface area contributed by atoms with Crippen LogP contribution in [0.4, 0.5) is 5.69 Å². The maximum absolute atomic E-state index is 12.3. The lowest BCUT2D eigenvalue weighted by Crippen LogP contribution is -2.05. The Bertz CT molecular complexity index is 793. The molecule has 0 bridgehead atoms. The van der Waals surface area contributed by atoms with E-state index in [-0.39, 0.29) is 5.91 Å². The third-order valence-electron chi connectivity index (χ3n) is 3.92. The predicted octanol–water partition coefficient (Wildman–Crippen LogP) is 2.50. The average molecular weight is 278 g/mol. The van der Waals surface area contributed by atoms with Crippen molar-refractivity contribution in [3.05, 3.63) is 64.7 Å². The molecule has 0 radical (unpaired) electrons. The van der Waals surface area contributed by atoms with Crippen LogP contribution in [0.1, 0.15) is 22.3 Å². The first kappa shape index (κ1) is 12.2. The first-order chi connectivity index (χ1) is 10.3. The van der Waals surface area contributed by atoms with Crippen LogP contribution in [0.25, 0.3) is 11.3 Å². The molecule has 0 unspecified atom stereocenters. The smallest absolute Gasteiger partial charge is 0.260 e. The molecule has 0 saturated carbocycles. The molecule has 4 heteroatoms. The van der Waals surface area contributed by atoms with Gasteiger partial charge in [0, 0.05) is 28.9 Å². The number of nitrogens with one attached hydrogen (secondary N) is 1. The summed E-state index contributed by atoms with van der Waals surface area (Å²) in [6, 6.07) is 13.7. The van der Waals surface area contributed by atoms with Gasteiger partial charge in [-0.15, -0.1) is 0 Å². The number of amides is 1. The molecule has 2 aliphatic heterocycles. The predicted molar refractivity (Wildman–Crippen MR) is 81.0 cm³/mol. The highest BCUT2D eigenvalue weighted by Crippen LogP contribution is 2.41. The van der Waals surface area contributed by atoms with E-state index in [0.29, 0.717) is 24.5 Å². The molecule has 0 spiro atoms. The molecule has 2 heterocycles. The van der Waals surface area contributed by atoms with Gasteiger partial charge in [0.25, 0.3) is 5.91 Å². The molecule has 2 aliphatic rings. The number of ether oxygens (including phenoxy) is 1. The van der Waals surface area contributed by atoms with Crippen LogP contribution in [0, 0.1) is 0 Å². The highest BCUT2D eigenvalue weighted by Gasteiger charge is 2.32. The lowest BCUT2D eigenvalue weighted by Gasteiger charge is -2.05. The number of hydrogen-bond acceptors (Lipinski definition) is 3. The number of para-hydroxylation sites is 1. The summed E-state index contributed by atoms with van der Waals surface area (Å²) in [7, 11) is 0. The Morgan fingerprint density at radius 3 is 2.86 bits per heavy atom. The SMILES string of the molecule is NCc1ccc2c(c1)COC2=C1C(=O)Nc2ccccc21. The number of carbonyl (C=O) groups is 1. The van der Waals surface area contributed by atoms with Gasteiger partial charge in [-0.3, -0.25) is 4.79 Å². The van der Waals surface area contributed by atoms with Gasteiger partial charge in [0.2, 0.25) is 0 Å². The van der Waals surface area contributed by atoms with Gasteiger partial charge in [-0.1, -0.05) is 36.4 Å². The average Bonchev–Trinajstić information content (AvgIpc) is 3.06. The van der Waals surface area contributed by atoms with Gasteiger partial charge in [0.1, 0.15) is 12.4 Å². The van der Waals surface area contributed by atoms with E-state index in [1.807, 2.05) is 42.5 Å². The van der Waals surface area contributed by atoms with Gasteiger partial charge in [-0.05, 0) is 11.6 Å². The first-order valence-corrected chi connectivity index (χ1v) is 6.88. The van der Waals surface area contributed by atoms with Crippen molar-refractivity contribution in [1.29, 1.82) is 0 Å². The number of anilines is 1. The minimum absolute atomic E-state index is 0.109. The number of hydrogen-bond donors (Lipinski definition) is 2. The molecule has 0 atom stereocenters. The molecule has 4 nitrogen and oxygen atoms in total. The fourth-order valence-corrected chi connectivity index (χ4v) is 2.89. The monoisotopic (exact) mass is 278 g/mol. The highest BCUT2D eigenvalue weighted by atomic mass is 16.5. The Hall–Kier alpha value is -2.59. The number of fused-ring (bicyclic) bond motifs is 2. The molecule has 0 aliphatic carbocycles. The van der Waals surface area contributed by atoms with Gasteiger partial charge < -0.3 is 15.8 Å². The van der Waals surface area contributed by atoms with Crippen molar-refractivity contribution in [2.75, 3.05) is 5.32 Å². The van der Waals surface area contributed by atoms with Crippen molar-refractivity contribution in [3.63, 3.8) is 0 Å². The molecule has 4 rings (SSSR count). The molecular weight excluding hydrogens is 264 g/mol. The second kappa shape index (κ2) is 4.46. The summed E-state index contributed by atoms with van der Waals surface area (Å²) >= 11 is 0. The largest absolute Gasteiger partial charge is 0.487 e. The number of carbonyl (C=O) groups excluding carboxylic acids is 1. The molecule has 0 saturated heterocycles. The molecule has 3 N–H and O–H groups in total. The van der Waals surface area contributed by atoms with Crippen LogP contribution < -0.4 is 11.1 Å². The van der Waals surface area contributed by atoms with E-state index in [4.69, 9.17) is 10.5 Å². The second-order valence-corrected chi connectivity index (χ2v) is 5.19. The van der Waals surface area contributed by atoms with Crippen LogP contribution in [-0.2, 0) is 22.7 Å². The van der Waals surface area contributed by atoms with Crippen LogP contribution >= 0.6 is 0 Å². The van der Waals surface area contributed by atoms with Crippen LogP contribution in [-0.4, -0.2) is 5.91 Å². The lowest BCUT2D eigenvalue weighted by molar-refractivity contribution is -0.110. The second-order valence-electron chi connectivity index (χ2n) is 5.19. The normalized spacial score (nSPS) is 19.0. The number of rotatable bonds is 1. The Morgan fingerprint density at radius 2 is 2.00 bits per heavy atom. The van der Waals surface area contributed by atoms with Crippen LogP contribution in [0.2, 0.25) is 0 Å². The van der Waals surface area contributed by atoms with Crippen molar-refractivity contribution in [2.45, 2.75) is 13.2 Å². The fourth-order valence-electron chi connectivity index (χ4n) is 2.89. The number of benzene rings is 2. The van der Waals surface area contributed by atoms with Gasteiger partial charge in [-0.2, -0.15) is 0 Å². The van der Waals surface area contributed by atoms with E-state index in [9.17, 15) is 4.79 Å². The van der Waals surface area contributed by atoms with E-state index in [1.54, 1.807) is 0 Å². The molecule has 0 fully saturated rings. The summed E-state index contributed by atoms with van der Waals surface area (Å²) in [6.45, 7) is 0.986. The Morgan fingerprint density at radius 1 is 1.14 bits per heavy atom. The maximum atomic E-state index is 12.3. The van der Waals surface area contributed by atoms with Crippen molar-refractivity contribution in [1.82, 2.24) is 0 Å². The van der Waals surface area contributed by atoms with Crippen molar-refractivity contribution >= 4 is 22.9 Å². The minimum Gasteiger partial charge on any atom is -0.487 e. The van der Waals surface area contributed by atoms with Crippen LogP contribution in [0.15, 0.2) is 42.5 Å². The summed E-state index contributed by atoms with van der Waals surface area (Å²) < 4.78 is 5.81. The molecule has 2 aromatic carbocycles. The van der Waals surface area contributed by atoms with Gasteiger partial charge >= 0.3 is 0 Å². The zero-order valence-electron chi connectivity index (χ0n) is 11.3. The summed E-state index contributed by atoms with van der Waals surface area (Å²) in [5.41, 5.74) is 11.1. The Balaban J connectivity index is 1.91. The zero-order valence-corrected chi connectivity index (χ0v) is 11.3. The lowest BCUT2D eigenvalue weighted by atomic mass is 9.99. The third kappa shape index (κ3) is 1.76. The van der Waals surface area contributed by atoms with Gasteiger partial charge in [-0.25, -0.2) is 0 Å². The number of nitrogens with two attached hydrogens (primary N) is 1. The third-order valence-corrected chi connectivity index (χ3v) is 3.92. The quantitative estimate of drug-likeness (QED) is 0.788. The van der Waals surface area contributed by atoms with Gasteiger partial charge in [0.05, 0.1) is 5.57 Å². The molecule has 104 valence electrons. The van der Waals surface area contributed by atoms with Crippen molar-refractivity contribution in [2.24, 2.45) is 5.73 Å². The molecule has 21 heavy (non-hydrogen) atoms. The first-order valence-electron chi connectivity index (χ1n) is 6.88.